The van der Waals surface area contributed by atoms with E-state index in [1.54, 1.807) is 24.3 Å². The Morgan fingerprint density at radius 2 is 2.00 bits per heavy atom. The minimum absolute atomic E-state index is 0.0413. The number of nitrogens with zero attached hydrogens (tertiary/aromatic N) is 1. The van der Waals surface area contributed by atoms with Gasteiger partial charge in [0.2, 0.25) is 10.0 Å². The lowest BCUT2D eigenvalue weighted by Gasteiger charge is -2.20. The molecule has 1 aromatic carbocycles. The third kappa shape index (κ3) is 3.22. The van der Waals surface area contributed by atoms with Crippen LogP contribution in [0.15, 0.2) is 24.3 Å². The fourth-order valence-electron chi connectivity index (χ4n) is 1.35. The molecule has 0 spiro atoms. The molecule has 0 aliphatic rings. The molecule has 0 aromatic heterocycles. The molecule has 0 radical (unpaired) electrons. The number of benzene rings is 1. The number of hydrogen-bond donors (Lipinski definition) is 1. The number of halogens is 1. The normalized spacial score (nSPS) is 13.6. The minimum atomic E-state index is -3.88. The molecule has 1 aromatic rings. The second-order valence-corrected chi connectivity index (χ2v) is 6.64. The maximum absolute atomic E-state index is 11.9. The van der Waals surface area contributed by atoms with Gasteiger partial charge in [-0.05, 0) is 18.6 Å². The lowest BCUT2D eigenvalue weighted by Crippen LogP contribution is -2.38. The number of sulfonamides is 1. The molecule has 0 heterocycles. The highest BCUT2D eigenvalue weighted by Crippen LogP contribution is 2.19. The smallest absolute Gasteiger partial charge is 0.323 e. The van der Waals surface area contributed by atoms with Crippen LogP contribution < -0.4 is 0 Å². The molecule has 18 heavy (non-hydrogen) atoms. The van der Waals surface area contributed by atoms with Crippen molar-refractivity contribution in [2.24, 2.45) is 0 Å². The molecule has 0 bridgehead atoms. The van der Waals surface area contributed by atoms with Crippen LogP contribution in [-0.2, 0) is 21.4 Å². The molecule has 0 saturated carbocycles. The van der Waals surface area contributed by atoms with E-state index in [0.717, 1.165) is 11.2 Å². The maximum Gasteiger partial charge on any atom is 0.323 e. The van der Waals surface area contributed by atoms with Crippen molar-refractivity contribution < 1.29 is 18.3 Å². The molecule has 1 unspecified atom stereocenters. The van der Waals surface area contributed by atoms with Gasteiger partial charge in [0.1, 0.15) is 0 Å². The van der Waals surface area contributed by atoms with Crippen LogP contribution in [-0.4, -0.2) is 36.1 Å². The van der Waals surface area contributed by atoms with Crippen molar-refractivity contribution in [1.82, 2.24) is 4.31 Å². The van der Waals surface area contributed by atoms with Crippen LogP contribution in [0, 0.1) is 0 Å². The Labute approximate surface area is 111 Å². The summed E-state index contributed by atoms with van der Waals surface area (Å²) in [6.45, 7) is 1.18. The third-order valence-corrected chi connectivity index (χ3v) is 5.04. The van der Waals surface area contributed by atoms with Gasteiger partial charge in [-0.2, -0.15) is 4.31 Å². The van der Waals surface area contributed by atoms with E-state index < -0.39 is 21.2 Å². The fraction of sp³-hybridized carbons (Fsp3) is 0.364. The molecule has 0 aliphatic heterocycles. The van der Waals surface area contributed by atoms with E-state index in [9.17, 15) is 13.2 Å². The van der Waals surface area contributed by atoms with Crippen molar-refractivity contribution in [2.75, 3.05) is 7.05 Å². The van der Waals surface area contributed by atoms with Crippen LogP contribution in [0.5, 0.6) is 0 Å². The first-order chi connectivity index (χ1) is 8.26. The fourth-order valence-corrected chi connectivity index (χ4v) is 2.66. The monoisotopic (exact) mass is 291 g/mol. The number of carbonyl (C=O) groups is 1. The predicted molar refractivity (Wildman–Crippen MR) is 68.9 cm³/mol. The molecule has 0 amide bonds. The average Bonchev–Trinajstić information content (AvgIpc) is 2.30. The lowest BCUT2D eigenvalue weighted by molar-refractivity contribution is -0.136. The van der Waals surface area contributed by atoms with Crippen molar-refractivity contribution in [3.05, 3.63) is 34.9 Å². The summed E-state index contributed by atoms with van der Waals surface area (Å²) in [6.07, 6.45) is 0. The van der Waals surface area contributed by atoms with Crippen LogP contribution in [0.3, 0.4) is 0 Å². The van der Waals surface area contributed by atoms with E-state index in [1.165, 1.54) is 7.05 Å². The van der Waals surface area contributed by atoms with Gasteiger partial charge in [-0.3, -0.25) is 4.79 Å². The molecule has 7 heteroatoms. The quantitative estimate of drug-likeness (QED) is 0.893. The predicted octanol–water partition coefficient (Wildman–Crippen LogP) is 1.57. The minimum Gasteiger partial charge on any atom is -0.480 e. The van der Waals surface area contributed by atoms with Gasteiger partial charge in [-0.1, -0.05) is 29.8 Å². The second kappa shape index (κ2) is 5.69. The number of aliphatic carboxylic acids is 1. The van der Waals surface area contributed by atoms with E-state index in [2.05, 4.69) is 0 Å². The van der Waals surface area contributed by atoms with Crippen molar-refractivity contribution in [3.8, 4) is 0 Å². The van der Waals surface area contributed by atoms with Crippen LogP contribution >= 0.6 is 11.6 Å². The Morgan fingerprint density at radius 1 is 1.44 bits per heavy atom. The van der Waals surface area contributed by atoms with Crippen molar-refractivity contribution >= 4 is 27.6 Å². The first-order valence-corrected chi connectivity index (χ1v) is 7.06. The summed E-state index contributed by atoms with van der Waals surface area (Å²) in [5, 5.41) is 7.72. The van der Waals surface area contributed by atoms with Crippen LogP contribution in [0.2, 0.25) is 5.02 Å². The molecule has 1 N–H and O–H groups in total. The molecular weight excluding hydrogens is 278 g/mol. The van der Waals surface area contributed by atoms with Gasteiger partial charge in [0, 0.05) is 18.6 Å². The standard InChI is InChI=1S/C11H14ClNO4S/c1-8(11(14)15)18(16,17)13(2)7-9-5-3-4-6-10(9)12/h3-6,8H,7H2,1-2H3,(H,14,15). The lowest BCUT2D eigenvalue weighted by atomic mass is 10.2. The number of hydrogen-bond acceptors (Lipinski definition) is 3. The first-order valence-electron chi connectivity index (χ1n) is 5.18. The van der Waals surface area contributed by atoms with E-state index >= 15 is 0 Å². The zero-order chi connectivity index (χ0) is 13.9. The summed E-state index contributed by atoms with van der Waals surface area (Å²) in [5.41, 5.74) is 0.628. The molecule has 100 valence electrons. The summed E-state index contributed by atoms with van der Waals surface area (Å²) < 4.78 is 24.8. The van der Waals surface area contributed by atoms with Crippen LogP contribution in [0.4, 0.5) is 0 Å². The largest absolute Gasteiger partial charge is 0.480 e. The van der Waals surface area contributed by atoms with E-state index in [4.69, 9.17) is 16.7 Å². The van der Waals surface area contributed by atoms with Gasteiger partial charge in [-0.25, -0.2) is 8.42 Å². The first kappa shape index (κ1) is 14.9. The van der Waals surface area contributed by atoms with Crippen LogP contribution in [0.25, 0.3) is 0 Å². The SMILES string of the molecule is CC(C(=O)O)S(=O)(=O)N(C)Cc1ccccc1Cl. The third-order valence-electron chi connectivity index (χ3n) is 2.58. The van der Waals surface area contributed by atoms with Gasteiger partial charge in [0.05, 0.1) is 0 Å². The summed E-state index contributed by atoms with van der Waals surface area (Å²) in [6, 6.07) is 6.82. The van der Waals surface area contributed by atoms with Gasteiger partial charge < -0.3 is 5.11 Å². The molecule has 0 fully saturated rings. The Bertz CT molecular complexity index is 544. The zero-order valence-electron chi connectivity index (χ0n) is 10.00. The molecular formula is C11H14ClNO4S. The number of rotatable bonds is 5. The van der Waals surface area contributed by atoms with Gasteiger partial charge in [0.25, 0.3) is 0 Å². The summed E-state index contributed by atoms with van der Waals surface area (Å²) >= 11 is 5.92. The molecule has 0 aliphatic carbocycles. The van der Waals surface area contributed by atoms with Crippen molar-refractivity contribution in [2.45, 2.75) is 18.7 Å². The Balaban J connectivity index is 2.93. The van der Waals surface area contributed by atoms with E-state index in [0.29, 0.717) is 10.6 Å². The summed E-state index contributed by atoms with van der Waals surface area (Å²) in [4.78, 5) is 10.7. The molecule has 0 saturated heterocycles. The zero-order valence-corrected chi connectivity index (χ0v) is 11.6. The highest BCUT2D eigenvalue weighted by atomic mass is 35.5. The van der Waals surface area contributed by atoms with Crippen molar-refractivity contribution in [3.63, 3.8) is 0 Å². The Hall–Kier alpha value is -1.11. The molecule has 1 rings (SSSR count). The van der Waals surface area contributed by atoms with Gasteiger partial charge >= 0.3 is 5.97 Å². The highest BCUT2D eigenvalue weighted by Gasteiger charge is 2.31. The average molecular weight is 292 g/mol. The van der Waals surface area contributed by atoms with E-state index in [1.807, 2.05) is 0 Å². The molecule has 1 atom stereocenters. The summed E-state index contributed by atoms with van der Waals surface area (Å²) in [5.74, 6) is -1.37. The topological polar surface area (TPSA) is 74.7 Å². The Kier molecular flexibility index (Phi) is 4.72. The van der Waals surface area contributed by atoms with Crippen LogP contribution in [0.1, 0.15) is 12.5 Å². The van der Waals surface area contributed by atoms with Gasteiger partial charge in [0.15, 0.2) is 5.25 Å². The molecule has 5 nitrogen and oxygen atoms in total. The maximum atomic E-state index is 11.9. The van der Waals surface area contributed by atoms with Gasteiger partial charge in [-0.15, -0.1) is 0 Å². The Morgan fingerprint density at radius 3 is 2.50 bits per heavy atom. The number of carboxylic acid groups (broad SMARTS) is 1. The van der Waals surface area contributed by atoms with E-state index in [-0.39, 0.29) is 6.54 Å². The summed E-state index contributed by atoms with van der Waals surface area (Å²) in [7, 11) is -2.55. The second-order valence-electron chi connectivity index (χ2n) is 3.87. The number of carboxylic acids is 1. The van der Waals surface area contributed by atoms with Crippen molar-refractivity contribution in [1.29, 1.82) is 0 Å². The highest BCUT2D eigenvalue weighted by molar-refractivity contribution is 7.90.